The van der Waals surface area contributed by atoms with Crippen molar-refractivity contribution < 1.29 is 9.90 Å². The largest absolute Gasteiger partial charge is 0.478 e. The van der Waals surface area contributed by atoms with Crippen LogP contribution in [-0.4, -0.2) is 18.1 Å². The molecule has 104 valence electrons. The SMILES string of the molecule is CN(Cc1ccc(Cl)cc1)c1ccc(N)cc1C(=O)O. The number of nitrogen functional groups attached to an aromatic ring is 1. The van der Waals surface area contributed by atoms with Gasteiger partial charge in [-0.2, -0.15) is 0 Å². The van der Waals surface area contributed by atoms with Crippen LogP contribution in [0.5, 0.6) is 0 Å². The van der Waals surface area contributed by atoms with Crippen LogP contribution in [0.3, 0.4) is 0 Å². The van der Waals surface area contributed by atoms with E-state index in [2.05, 4.69) is 0 Å². The van der Waals surface area contributed by atoms with E-state index >= 15 is 0 Å². The lowest BCUT2D eigenvalue weighted by Gasteiger charge is -2.21. The summed E-state index contributed by atoms with van der Waals surface area (Å²) >= 11 is 5.84. The second-order valence-corrected chi connectivity index (χ2v) is 5.00. The molecule has 0 heterocycles. The second kappa shape index (κ2) is 5.84. The standard InChI is InChI=1S/C15H15ClN2O2/c1-18(9-10-2-4-11(16)5-3-10)14-7-6-12(17)8-13(14)15(19)20/h2-8H,9,17H2,1H3,(H,19,20). The Labute approximate surface area is 122 Å². The molecule has 0 amide bonds. The van der Waals surface area contributed by atoms with Crippen LogP contribution in [0.15, 0.2) is 42.5 Å². The predicted molar refractivity (Wildman–Crippen MR) is 81.4 cm³/mol. The van der Waals surface area contributed by atoms with E-state index < -0.39 is 5.97 Å². The van der Waals surface area contributed by atoms with Gasteiger partial charge in [-0.3, -0.25) is 0 Å². The maximum Gasteiger partial charge on any atom is 0.337 e. The molecule has 0 atom stereocenters. The van der Waals surface area contributed by atoms with Crippen LogP contribution in [0, 0.1) is 0 Å². The lowest BCUT2D eigenvalue weighted by molar-refractivity contribution is 0.0697. The first-order chi connectivity index (χ1) is 9.47. The van der Waals surface area contributed by atoms with Gasteiger partial charge in [-0.05, 0) is 35.9 Å². The van der Waals surface area contributed by atoms with Crippen LogP contribution < -0.4 is 10.6 Å². The number of carbonyl (C=O) groups is 1. The van der Waals surface area contributed by atoms with E-state index in [-0.39, 0.29) is 5.56 Å². The van der Waals surface area contributed by atoms with Crippen LogP contribution in [0.4, 0.5) is 11.4 Å². The van der Waals surface area contributed by atoms with Crippen molar-refractivity contribution in [2.24, 2.45) is 0 Å². The zero-order valence-electron chi connectivity index (χ0n) is 11.0. The number of carboxylic acids is 1. The van der Waals surface area contributed by atoms with E-state index in [1.54, 1.807) is 12.1 Å². The van der Waals surface area contributed by atoms with Crippen molar-refractivity contribution in [2.75, 3.05) is 17.7 Å². The Hall–Kier alpha value is -2.20. The summed E-state index contributed by atoms with van der Waals surface area (Å²) in [7, 11) is 1.84. The van der Waals surface area contributed by atoms with Crippen molar-refractivity contribution in [3.8, 4) is 0 Å². The number of halogens is 1. The highest BCUT2D eigenvalue weighted by Gasteiger charge is 2.14. The number of nitrogens with zero attached hydrogens (tertiary/aromatic N) is 1. The molecule has 0 aliphatic carbocycles. The van der Waals surface area contributed by atoms with Gasteiger partial charge in [0.1, 0.15) is 0 Å². The second-order valence-electron chi connectivity index (χ2n) is 4.56. The lowest BCUT2D eigenvalue weighted by Crippen LogP contribution is -2.19. The van der Waals surface area contributed by atoms with Gasteiger partial charge in [-0.15, -0.1) is 0 Å². The maximum atomic E-state index is 11.3. The molecule has 0 fully saturated rings. The summed E-state index contributed by atoms with van der Waals surface area (Å²) in [5.41, 5.74) is 7.94. The molecule has 0 radical (unpaired) electrons. The number of benzene rings is 2. The fourth-order valence-corrected chi connectivity index (χ4v) is 2.13. The summed E-state index contributed by atoms with van der Waals surface area (Å²) in [6, 6.07) is 12.3. The number of hydrogen-bond acceptors (Lipinski definition) is 3. The molecular formula is C15H15ClN2O2. The van der Waals surface area contributed by atoms with Gasteiger partial charge in [0.15, 0.2) is 0 Å². The molecule has 0 aliphatic heterocycles. The molecule has 0 unspecified atom stereocenters. The zero-order valence-corrected chi connectivity index (χ0v) is 11.8. The minimum absolute atomic E-state index is 0.196. The van der Waals surface area contributed by atoms with Crippen LogP contribution >= 0.6 is 11.6 Å². The Kier molecular flexibility index (Phi) is 4.15. The molecule has 4 nitrogen and oxygen atoms in total. The Morgan fingerprint density at radius 3 is 2.50 bits per heavy atom. The zero-order chi connectivity index (χ0) is 14.7. The quantitative estimate of drug-likeness (QED) is 0.848. The van der Waals surface area contributed by atoms with Gasteiger partial charge in [0.25, 0.3) is 0 Å². The third-order valence-electron chi connectivity index (χ3n) is 3.00. The summed E-state index contributed by atoms with van der Waals surface area (Å²) in [6.07, 6.45) is 0. The van der Waals surface area contributed by atoms with E-state index in [1.165, 1.54) is 6.07 Å². The molecular weight excluding hydrogens is 276 g/mol. The van der Waals surface area contributed by atoms with Gasteiger partial charge in [-0.1, -0.05) is 23.7 Å². The van der Waals surface area contributed by atoms with E-state index in [1.807, 2.05) is 36.2 Å². The van der Waals surface area contributed by atoms with Crippen LogP contribution in [0.1, 0.15) is 15.9 Å². The van der Waals surface area contributed by atoms with Crippen molar-refractivity contribution in [1.82, 2.24) is 0 Å². The molecule has 2 aromatic carbocycles. The highest BCUT2D eigenvalue weighted by Crippen LogP contribution is 2.24. The molecule has 0 bridgehead atoms. The summed E-state index contributed by atoms with van der Waals surface area (Å²) < 4.78 is 0. The van der Waals surface area contributed by atoms with Gasteiger partial charge in [0.05, 0.1) is 11.3 Å². The number of carboxylic acid groups (broad SMARTS) is 1. The average molecular weight is 291 g/mol. The minimum atomic E-state index is -0.991. The molecule has 0 aromatic heterocycles. The van der Waals surface area contributed by atoms with Crippen molar-refractivity contribution in [2.45, 2.75) is 6.54 Å². The van der Waals surface area contributed by atoms with Crippen molar-refractivity contribution >= 4 is 28.9 Å². The summed E-state index contributed by atoms with van der Waals surface area (Å²) in [5.74, 6) is -0.991. The topological polar surface area (TPSA) is 66.6 Å². The van der Waals surface area contributed by atoms with Crippen LogP contribution in [-0.2, 0) is 6.54 Å². The fraction of sp³-hybridized carbons (Fsp3) is 0.133. The normalized spacial score (nSPS) is 10.3. The number of aromatic carboxylic acids is 1. The van der Waals surface area contributed by atoms with Gasteiger partial charge in [-0.25, -0.2) is 4.79 Å². The molecule has 5 heteroatoms. The Bertz CT molecular complexity index is 626. The lowest BCUT2D eigenvalue weighted by atomic mass is 10.1. The number of rotatable bonds is 4. The minimum Gasteiger partial charge on any atom is -0.478 e. The van der Waals surface area contributed by atoms with Crippen molar-refractivity contribution in [3.63, 3.8) is 0 Å². The van der Waals surface area contributed by atoms with Gasteiger partial charge >= 0.3 is 5.97 Å². The van der Waals surface area contributed by atoms with E-state index in [4.69, 9.17) is 17.3 Å². The van der Waals surface area contributed by atoms with Crippen LogP contribution in [0.2, 0.25) is 5.02 Å². The van der Waals surface area contributed by atoms with Crippen LogP contribution in [0.25, 0.3) is 0 Å². The Morgan fingerprint density at radius 2 is 1.90 bits per heavy atom. The summed E-state index contributed by atoms with van der Waals surface area (Å²) in [5, 5.41) is 9.92. The molecule has 20 heavy (non-hydrogen) atoms. The first-order valence-electron chi connectivity index (χ1n) is 6.06. The Balaban J connectivity index is 2.27. The van der Waals surface area contributed by atoms with Gasteiger partial charge in [0.2, 0.25) is 0 Å². The molecule has 2 aromatic rings. The smallest absolute Gasteiger partial charge is 0.337 e. The third-order valence-corrected chi connectivity index (χ3v) is 3.25. The predicted octanol–water partition coefficient (Wildman–Crippen LogP) is 3.26. The first kappa shape index (κ1) is 14.2. The van der Waals surface area contributed by atoms with E-state index in [0.717, 1.165) is 5.56 Å². The number of anilines is 2. The van der Waals surface area contributed by atoms with E-state index in [0.29, 0.717) is 22.9 Å². The summed E-state index contributed by atoms with van der Waals surface area (Å²) in [6.45, 7) is 0.585. The number of nitrogens with two attached hydrogens (primary N) is 1. The van der Waals surface area contributed by atoms with Crippen molar-refractivity contribution in [1.29, 1.82) is 0 Å². The molecule has 0 saturated heterocycles. The third kappa shape index (κ3) is 3.22. The highest BCUT2D eigenvalue weighted by atomic mass is 35.5. The van der Waals surface area contributed by atoms with Crippen molar-refractivity contribution in [3.05, 3.63) is 58.6 Å². The fourth-order valence-electron chi connectivity index (χ4n) is 2.01. The molecule has 2 rings (SSSR count). The van der Waals surface area contributed by atoms with Gasteiger partial charge in [0, 0.05) is 24.3 Å². The molecule has 0 aliphatic rings. The highest BCUT2D eigenvalue weighted by molar-refractivity contribution is 6.30. The Morgan fingerprint density at radius 1 is 1.25 bits per heavy atom. The molecule has 0 saturated carbocycles. The maximum absolute atomic E-state index is 11.3. The number of hydrogen-bond donors (Lipinski definition) is 2. The average Bonchev–Trinajstić information content (AvgIpc) is 2.41. The van der Waals surface area contributed by atoms with E-state index in [9.17, 15) is 9.90 Å². The monoisotopic (exact) mass is 290 g/mol. The molecule has 3 N–H and O–H groups in total. The molecule has 0 spiro atoms. The first-order valence-corrected chi connectivity index (χ1v) is 6.43. The van der Waals surface area contributed by atoms with Gasteiger partial charge < -0.3 is 15.7 Å². The summed E-state index contributed by atoms with van der Waals surface area (Å²) in [4.78, 5) is 13.1.